The lowest BCUT2D eigenvalue weighted by Crippen LogP contribution is -1.88. The SMILES string of the molecule is c1ccc(-c2cc(-c3ccccc3)ncn2)cc#1. The van der Waals surface area contributed by atoms with Crippen molar-refractivity contribution in [3.05, 3.63) is 73.1 Å². The van der Waals surface area contributed by atoms with E-state index in [1.165, 1.54) is 0 Å². The molecule has 0 spiro atoms. The van der Waals surface area contributed by atoms with Crippen LogP contribution < -0.4 is 0 Å². The number of rotatable bonds is 2. The van der Waals surface area contributed by atoms with E-state index in [-0.39, 0.29) is 0 Å². The standard InChI is InChI=1S/C16H10N2/c1-3-7-13(8-4-1)15-11-16(18-12-17-15)14-9-5-2-6-10-14/h1,3-5,7-12H. The minimum atomic E-state index is 0.897. The molecule has 2 aromatic carbocycles. The van der Waals surface area contributed by atoms with Crippen molar-refractivity contribution in [2.24, 2.45) is 0 Å². The van der Waals surface area contributed by atoms with Crippen molar-refractivity contribution >= 4 is 0 Å². The first-order valence-electron chi connectivity index (χ1n) is 5.69. The molecule has 0 unspecified atom stereocenters. The van der Waals surface area contributed by atoms with Crippen LogP contribution >= 0.6 is 0 Å². The first-order chi connectivity index (χ1) is 8.93. The molecule has 0 amide bonds. The number of hydrogen-bond acceptors (Lipinski definition) is 2. The topological polar surface area (TPSA) is 25.8 Å². The molecular formula is C16H10N2. The van der Waals surface area contributed by atoms with Gasteiger partial charge in [-0.05, 0) is 24.3 Å². The third kappa shape index (κ3) is 2.07. The Morgan fingerprint density at radius 1 is 0.778 bits per heavy atom. The Morgan fingerprint density at radius 3 is 2.28 bits per heavy atom. The molecule has 0 bridgehead atoms. The van der Waals surface area contributed by atoms with Gasteiger partial charge in [0.25, 0.3) is 0 Å². The van der Waals surface area contributed by atoms with Gasteiger partial charge in [-0.25, -0.2) is 9.97 Å². The number of nitrogens with zero attached hydrogens (tertiary/aromatic N) is 2. The molecule has 0 radical (unpaired) electrons. The van der Waals surface area contributed by atoms with Gasteiger partial charge in [0.2, 0.25) is 0 Å². The van der Waals surface area contributed by atoms with E-state index in [1.807, 2.05) is 54.6 Å². The van der Waals surface area contributed by atoms with E-state index < -0.39 is 0 Å². The molecule has 0 N–H and O–H groups in total. The fraction of sp³-hybridized carbons (Fsp3) is 0. The van der Waals surface area contributed by atoms with Crippen molar-refractivity contribution in [1.82, 2.24) is 9.97 Å². The van der Waals surface area contributed by atoms with Crippen LogP contribution in [-0.2, 0) is 0 Å². The normalized spacial score (nSPS) is 9.78. The summed E-state index contributed by atoms with van der Waals surface area (Å²) in [4.78, 5) is 8.60. The molecule has 0 aliphatic rings. The summed E-state index contributed by atoms with van der Waals surface area (Å²) in [5, 5.41) is 0. The Labute approximate surface area is 106 Å². The van der Waals surface area contributed by atoms with Crippen molar-refractivity contribution in [2.75, 3.05) is 0 Å². The van der Waals surface area contributed by atoms with Crippen LogP contribution in [0.4, 0.5) is 0 Å². The van der Waals surface area contributed by atoms with Crippen LogP contribution in [-0.4, -0.2) is 9.97 Å². The summed E-state index contributed by atoms with van der Waals surface area (Å²) in [6, 6.07) is 23.5. The van der Waals surface area contributed by atoms with Gasteiger partial charge in [0.15, 0.2) is 0 Å². The molecule has 0 aliphatic heterocycles. The lowest BCUT2D eigenvalue weighted by Gasteiger charge is -2.03. The predicted octanol–water partition coefficient (Wildman–Crippen LogP) is 3.41. The van der Waals surface area contributed by atoms with Gasteiger partial charge in [-0.3, -0.25) is 0 Å². The van der Waals surface area contributed by atoms with Crippen LogP contribution in [0.15, 0.2) is 60.9 Å². The zero-order chi connectivity index (χ0) is 12.2. The third-order valence-electron chi connectivity index (χ3n) is 2.69. The van der Waals surface area contributed by atoms with E-state index in [0.29, 0.717) is 0 Å². The molecule has 3 aromatic rings. The van der Waals surface area contributed by atoms with Crippen LogP contribution in [0.25, 0.3) is 22.5 Å². The average molecular weight is 230 g/mol. The maximum atomic E-state index is 4.31. The zero-order valence-corrected chi connectivity index (χ0v) is 9.67. The van der Waals surface area contributed by atoms with Crippen LogP contribution in [0.3, 0.4) is 0 Å². The first-order valence-corrected chi connectivity index (χ1v) is 5.69. The summed E-state index contributed by atoms with van der Waals surface area (Å²) < 4.78 is 0. The fourth-order valence-electron chi connectivity index (χ4n) is 1.79. The highest BCUT2D eigenvalue weighted by molar-refractivity contribution is 5.66. The number of hydrogen-bond donors (Lipinski definition) is 0. The van der Waals surface area contributed by atoms with Crippen molar-refractivity contribution in [3.8, 4) is 22.5 Å². The van der Waals surface area contributed by atoms with E-state index in [0.717, 1.165) is 22.5 Å². The molecule has 18 heavy (non-hydrogen) atoms. The number of benzene rings is 1. The highest BCUT2D eigenvalue weighted by Crippen LogP contribution is 2.21. The average Bonchev–Trinajstić information content (AvgIpc) is 2.49. The second-order valence-electron chi connectivity index (χ2n) is 3.88. The van der Waals surface area contributed by atoms with Crippen LogP contribution in [0, 0.1) is 12.1 Å². The molecule has 0 saturated carbocycles. The quantitative estimate of drug-likeness (QED) is 0.674. The maximum Gasteiger partial charge on any atom is 0.116 e. The lowest BCUT2D eigenvalue weighted by molar-refractivity contribution is 1.18. The summed E-state index contributed by atoms with van der Waals surface area (Å²) in [5.41, 5.74) is 3.93. The van der Waals surface area contributed by atoms with Gasteiger partial charge in [0, 0.05) is 11.1 Å². The van der Waals surface area contributed by atoms with E-state index in [4.69, 9.17) is 0 Å². The van der Waals surface area contributed by atoms with Gasteiger partial charge in [-0.2, -0.15) is 0 Å². The van der Waals surface area contributed by atoms with Gasteiger partial charge in [0.05, 0.1) is 11.4 Å². The Morgan fingerprint density at radius 2 is 1.56 bits per heavy atom. The minimum Gasteiger partial charge on any atom is -0.236 e. The molecule has 3 rings (SSSR count). The van der Waals surface area contributed by atoms with Crippen LogP contribution in [0.1, 0.15) is 0 Å². The molecule has 2 heteroatoms. The predicted molar refractivity (Wildman–Crippen MR) is 70.6 cm³/mol. The van der Waals surface area contributed by atoms with E-state index in [2.05, 4.69) is 22.1 Å². The van der Waals surface area contributed by atoms with E-state index >= 15 is 0 Å². The summed E-state index contributed by atoms with van der Waals surface area (Å²) in [6.45, 7) is 0. The number of aromatic nitrogens is 2. The van der Waals surface area contributed by atoms with Gasteiger partial charge < -0.3 is 0 Å². The summed E-state index contributed by atoms with van der Waals surface area (Å²) in [7, 11) is 0. The molecule has 0 saturated heterocycles. The van der Waals surface area contributed by atoms with E-state index in [9.17, 15) is 0 Å². The molecule has 0 atom stereocenters. The van der Waals surface area contributed by atoms with Crippen molar-refractivity contribution in [1.29, 1.82) is 0 Å². The summed E-state index contributed by atoms with van der Waals surface area (Å²) in [5.74, 6) is 0. The molecule has 0 aliphatic carbocycles. The smallest absolute Gasteiger partial charge is 0.116 e. The maximum absolute atomic E-state index is 4.31. The molecule has 2 nitrogen and oxygen atoms in total. The third-order valence-corrected chi connectivity index (χ3v) is 2.69. The van der Waals surface area contributed by atoms with Crippen molar-refractivity contribution in [2.45, 2.75) is 0 Å². The Hall–Kier alpha value is -2.66. The monoisotopic (exact) mass is 230 g/mol. The molecular weight excluding hydrogens is 220 g/mol. The molecule has 1 aromatic heterocycles. The minimum absolute atomic E-state index is 0.897. The molecule has 84 valence electrons. The van der Waals surface area contributed by atoms with Gasteiger partial charge in [-0.15, -0.1) is 0 Å². The lowest BCUT2D eigenvalue weighted by atomic mass is 10.1. The second-order valence-corrected chi connectivity index (χ2v) is 3.88. The van der Waals surface area contributed by atoms with Crippen LogP contribution in [0.5, 0.6) is 0 Å². The van der Waals surface area contributed by atoms with Gasteiger partial charge in [0.1, 0.15) is 6.33 Å². The van der Waals surface area contributed by atoms with E-state index in [1.54, 1.807) is 6.33 Å². The highest BCUT2D eigenvalue weighted by Gasteiger charge is 2.02. The summed E-state index contributed by atoms with van der Waals surface area (Å²) >= 11 is 0. The van der Waals surface area contributed by atoms with Crippen molar-refractivity contribution in [3.63, 3.8) is 0 Å². The van der Waals surface area contributed by atoms with Gasteiger partial charge in [-0.1, -0.05) is 42.5 Å². The van der Waals surface area contributed by atoms with Crippen LogP contribution in [0.2, 0.25) is 0 Å². The Kier molecular flexibility index (Phi) is 2.73. The molecule has 1 heterocycles. The zero-order valence-electron chi connectivity index (χ0n) is 9.67. The Bertz CT molecular complexity index is 579. The highest BCUT2D eigenvalue weighted by atomic mass is 14.8. The summed E-state index contributed by atoms with van der Waals surface area (Å²) in [6.07, 6.45) is 1.59. The largest absolute Gasteiger partial charge is 0.236 e. The first kappa shape index (κ1) is 10.5. The molecule has 0 fully saturated rings. The van der Waals surface area contributed by atoms with Crippen molar-refractivity contribution < 1.29 is 0 Å². The fourth-order valence-corrected chi connectivity index (χ4v) is 1.79. The van der Waals surface area contributed by atoms with Gasteiger partial charge >= 0.3 is 0 Å². The Balaban J connectivity index is 2.05. The second kappa shape index (κ2) is 4.68.